The SMILES string of the molecule is Cc1nc2ncnn2c(C)c1CCC(=O)Nc1ccc2c(c1)OC1(CCCCC1)O2. The summed E-state index contributed by atoms with van der Waals surface area (Å²) in [6.07, 6.45) is 7.70. The van der Waals surface area contributed by atoms with E-state index in [-0.39, 0.29) is 5.91 Å². The molecule has 3 heterocycles. The highest BCUT2D eigenvalue weighted by atomic mass is 16.7. The number of fused-ring (bicyclic) bond motifs is 2. The summed E-state index contributed by atoms with van der Waals surface area (Å²) in [7, 11) is 0. The van der Waals surface area contributed by atoms with Gasteiger partial charge in [0.15, 0.2) is 11.5 Å². The first-order valence-corrected chi connectivity index (χ1v) is 10.5. The fraction of sp³-hybridized carbons (Fsp3) is 0.455. The van der Waals surface area contributed by atoms with Gasteiger partial charge in [-0.15, -0.1) is 0 Å². The average molecular weight is 407 g/mol. The normalized spacial score (nSPS) is 16.9. The van der Waals surface area contributed by atoms with Crippen LogP contribution in [0.3, 0.4) is 0 Å². The van der Waals surface area contributed by atoms with Crippen LogP contribution in [0.1, 0.15) is 55.5 Å². The van der Waals surface area contributed by atoms with E-state index < -0.39 is 5.79 Å². The third-order valence-electron chi connectivity index (χ3n) is 6.03. The Morgan fingerprint density at radius 2 is 1.97 bits per heavy atom. The zero-order chi connectivity index (χ0) is 20.7. The van der Waals surface area contributed by atoms with E-state index in [1.165, 1.54) is 12.7 Å². The van der Waals surface area contributed by atoms with Gasteiger partial charge in [-0.2, -0.15) is 10.1 Å². The molecule has 2 aliphatic rings. The van der Waals surface area contributed by atoms with Crippen LogP contribution in [0.2, 0.25) is 0 Å². The van der Waals surface area contributed by atoms with Gasteiger partial charge < -0.3 is 14.8 Å². The van der Waals surface area contributed by atoms with E-state index >= 15 is 0 Å². The molecule has 1 amide bonds. The molecule has 1 aliphatic carbocycles. The van der Waals surface area contributed by atoms with Crippen molar-refractivity contribution in [3.05, 3.63) is 41.5 Å². The highest BCUT2D eigenvalue weighted by Crippen LogP contribution is 2.46. The molecule has 1 aromatic carbocycles. The number of carbonyl (C=O) groups excluding carboxylic acids is 1. The van der Waals surface area contributed by atoms with Crippen molar-refractivity contribution < 1.29 is 14.3 Å². The van der Waals surface area contributed by atoms with Crippen molar-refractivity contribution in [1.82, 2.24) is 19.6 Å². The maximum atomic E-state index is 12.6. The van der Waals surface area contributed by atoms with E-state index in [4.69, 9.17) is 9.47 Å². The van der Waals surface area contributed by atoms with Gasteiger partial charge in [-0.25, -0.2) is 9.50 Å². The quantitative estimate of drug-likeness (QED) is 0.708. The molecule has 1 saturated carbocycles. The summed E-state index contributed by atoms with van der Waals surface area (Å²) in [6.45, 7) is 3.91. The second-order valence-corrected chi connectivity index (χ2v) is 8.12. The van der Waals surface area contributed by atoms with Crippen LogP contribution in [-0.2, 0) is 11.2 Å². The monoisotopic (exact) mass is 407 g/mol. The molecular weight excluding hydrogens is 382 g/mol. The van der Waals surface area contributed by atoms with Gasteiger partial charge in [0.1, 0.15) is 6.33 Å². The largest absolute Gasteiger partial charge is 0.448 e. The van der Waals surface area contributed by atoms with Crippen molar-refractivity contribution in [3.63, 3.8) is 0 Å². The lowest BCUT2D eigenvalue weighted by molar-refractivity contribution is -0.116. The van der Waals surface area contributed by atoms with Crippen molar-refractivity contribution in [3.8, 4) is 11.5 Å². The van der Waals surface area contributed by atoms with Gasteiger partial charge in [-0.05, 0) is 50.8 Å². The first-order valence-electron chi connectivity index (χ1n) is 10.5. The summed E-state index contributed by atoms with van der Waals surface area (Å²) >= 11 is 0. The van der Waals surface area contributed by atoms with Crippen LogP contribution in [0.5, 0.6) is 11.5 Å². The van der Waals surface area contributed by atoms with E-state index in [1.807, 2.05) is 32.0 Å². The lowest BCUT2D eigenvalue weighted by Crippen LogP contribution is -2.40. The lowest BCUT2D eigenvalue weighted by Gasteiger charge is -2.31. The Labute approximate surface area is 174 Å². The third kappa shape index (κ3) is 3.36. The van der Waals surface area contributed by atoms with Gasteiger partial charge in [0, 0.05) is 42.4 Å². The van der Waals surface area contributed by atoms with Gasteiger partial charge in [0.25, 0.3) is 11.6 Å². The molecule has 1 aliphatic heterocycles. The summed E-state index contributed by atoms with van der Waals surface area (Å²) < 4.78 is 14.0. The van der Waals surface area contributed by atoms with Crippen LogP contribution in [0.25, 0.3) is 5.78 Å². The second kappa shape index (κ2) is 7.27. The second-order valence-electron chi connectivity index (χ2n) is 8.12. The van der Waals surface area contributed by atoms with Crippen molar-refractivity contribution in [2.75, 3.05) is 5.32 Å². The van der Waals surface area contributed by atoms with Gasteiger partial charge >= 0.3 is 0 Å². The minimum Gasteiger partial charge on any atom is -0.448 e. The fourth-order valence-electron chi connectivity index (χ4n) is 4.45. The van der Waals surface area contributed by atoms with Crippen LogP contribution < -0.4 is 14.8 Å². The molecule has 156 valence electrons. The Balaban J connectivity index is 1.25. The minimum absolute atomic E-state index is 0.0567. The highest BCUT2D eigenvalue weighted by Gasteiger charge is 2.42. The maximum absolute atomic E-state index is 12.6. The lowest BCUT2D eigenvalue weighted by atomic mass is 9.94. The Bertz CT molecular complexity index is 1120. The van der Waals surface area contributed by atoms with Crippen molar-refractivity contribution in [2.45, 2.75) is 64.6 Å². The summed E-state index contributed by atoms with van der Waals surface area (Å²) in [5.41, 5.74) is 3.58. The Kier molecular flexibility index (Phi) is 4.56. The fourth-order valence-corrected chi connectivity index (χ4v) is 4.45. The number of hydrogen-bond acceptors (Lipinski definition) is 6. The molecule has 3 aromatic rings. The summed E-state index contributed by atoms with van der Waals surface area (Å²) in [5, 5.41) is 7.18. The number of hydrogen-bond donors (Lipinski definition) is 1. The topological polar surface area (TPSA) is 90.6 Å². The molecule has 1 spiro atoms. The molecule has 8 nitrogen and oxygen atoms in total. The molecule has 0 unspecified atom stereocenters. The maximum Gasteiger partial charge on any atom is 0.252 e. The molecule has 0 bridgehead atoms. The zero-order valence-electron chi connectivity index (χ0n) is 17.3. The first kappa shape index (κ1) is 18.8. The highest BCUT2D eigenvalue weighted by molar-refractivity contribution is 5.91. The Morgan fingerprint density at radius 3 is 2.80 bits per heavy atom. The predicted molar refractivity (Wildman–Crippen MR) is 111 cm³/mol. The molecule has 1 N–H and O–H groups in total. The van der Waals surface area contributed by atoms with Gasteiger partial charge in [-0.3, -0.25) is 4.79 Å². The molecule has 0 saturated heterocycles. The molecule has 8 heteroatoms. The van der Waals surface area contributed by atoms with Crippen LogP contribution in [0.15, 0.2) is 24.5 Å². The van der Waals surface area contributed by atoms with E-state index in [0.717, 1.165) is 48.4 Å². The first-order chi connectivity index (χ1) is 14.5. The summed E-state index contributed by atoms with van der Waals surface area (Å²) in [5.74, 6) is 1.48. The zero-order valence-corrected chi connectivity index (χ0v) is 17.3. The van der Waals surface area contributed by atoms with E-state index in [0.29, 0.717) is 30.1 Å². The Hall–Kier alpha value is -3.16. The molecule has 1 fully saturated rings. The number of benzene rings is 1. The number of aryl methyl sites for hydroxylation is 2. The van der Waals surface area contributed by atoms with Crippen LogP contribution in [0.4, 0.5) is 5.69 Å². The molecule has 5 rings (SSSR count). The molecular formula is C22H25N5O3. The standard InChI is InChI=1S/C22H25N5O3/c1-14-17(15(2)27-21(25-14)23-13-24-27)7-9-20(28)26-16-6-8-18-19(12-16)30-22(29-18)10-4-3-5-11-22/h6,8,12-13H,3-5,7,9-11H2,1-2H3,(H,26,28). The number of ether oxygens (including phenoxy) is 2. The van der Waals surface area contributed by atoms with Crippen LogP contribution in [-0.4, -0.2) is 31.3 Å². The molecule has 30 heavy (non-hydrogen) atoms. The van der Waals surface area contributed by atoms with Crippen molar-refractivity contribution in [1.29, 1.82) is 0 Å². The van der Waals surface area contributed by atoms with Gasteiger partial charge in [0.05, 0.1) is 0 Å². The Morgan fingerprint density at radius 1 is 1.17 bits per heavy atom. The van der Waals surface area contributed by atoms with Crippen molar-refractivity contribution in [2.24, 2.45) is 0 Å². The van der Waals surface area contributed by atoms with Crippen molar-refractivity contribution >= 4 is 17.4 Å². The smallest absolute Gasteiger partial charge is 0.252 e. The minimum atomic E-state index is -0.509. The summed E-state index contributed by atoms with van der Waals surface area (Å²) in [6, 6.07) is 5.60. The number of nitrogens with zero attached hydrogens (tertiary/aromatic N) is 4. The number of carbonyl (C=O) groups is 1. The van der Waals surface area contributed by atoms with E-state index in [1.54, 1.807) is 4.52 Å². The van der Waals surface area contributed by atoms with Crippen LogP contribution >= 0.6 is 0 Å². The number of nitrogens with one attached hydrogen (secondary N) is 1. The van der Waals surface area contributed by atoms with Gasteiger partial charge in [-0.1, -0.05) is 6.42 Å². The number of aromatic nitrogens is 4. The molecule has 2 aromatic heterocycles. The summed E-state index contributed by atoms with van der Waals surface area (Å²) in [4.78, 5) is 21.2. The van der Waals surface area contributed by atoms with Gasteiger partial charge in [0.2, 0.25) is 5.91 Å². The number of amides is 1. The average Bonchev–Trinajstić information content (AvgIpc) is 3.32. The van der Waals surface area contributed by atoms with Crippen LogP contribution in [0, 0.1) is 13.8 Å². The van der Waals surface area contributed by atoms with E-state index in [2.05, 4.69) is 20.4 Å². The predicted octanol–water partition coefficient (Wildman–Crippen LogP) is 3.74. The number of anilines is 1. The molecule has 0 atom stereocenters. The third-order valence-corrected chi connectivity index (χ3v) is 6.03. The van der Waals surface area contributed by atoms with E-state index in [9.17, 15) is 4.79 Å². The molecule has 0 radical (unpaired) electrons. The number of rotatable bonds is 4.